The Morgan fingerprint density at radius 3 is 2.73 bits per heavy atom. The summed E-state index contributed by atoms with van der Waals surface area (Å²) in [5.41, 5.74) is 6.43. The molecule has 4 rings (SSSR count). The second kappa shape index (κ2) is 9.80. The Labute approximate surface area is 180 Å². The number of nitrogens with zero attached hydrogens (tertiary/aromatic N) is 1. The van der Waals surface area contributed by atoms with Crippen LogP contribution in [0.3, 0.4) is 0 Å². The van der Waals surface area contributed by atoms with E-state index in [9.17, 15) is 0 Å². The Kier molecular flexibility index (Phi) is 6.91. The Balaban J connectivity index is 1.55. The van der Waals surface area contributed by atoms with Crippen LogP contribution in [0.15, 0.2) is 46.9 Å². The SMILES string of the molecule is CCCCC(CC)c1ccc2oc(-c3ccc4c(c3)CCN(CCCO)C4)cc2c1. The predicted molar refractivity (Wildman–Crippen MR) is 125 cm³/mol. The standard InChI is InChI=1S/C27H35NO2/c1-3-5-7-20(4-2)21-10-11-26-25(17-21)18-27(30-26)23-8-9-24-19-28(13-6-15-29)14-12-22(24)16-23/h8-11,16-18,20,29H,3-7,12-15,19H2,1-2H3. The van der Waals surface area contributed by atoms with Crippen molar-refractivity contribution in [2.75, 3.05) is 19.7 Å². The summed E-state index contributed by atoms with van der Waals surface area (Å²) >= 11 is 0. The fraction of sp³-hybridized carbons (Fsp3) is 0.481. The first-order valence-electron chi connectivity index (χ1n) is 11.7. The molecule has 0 amide bonds. The normalized spacial score (nSPS) is 15.4. The van der Waals surface area contributed by atoms with Gasteiger partial charge < -0.3 is 9.52 Å². The zero-order valence-electron chi connectivity index (χ0n) is 18.5. The third-order valence-corrected chi connectivity index (χ3v) is 6.63. The lowest BCUT2D eigenvalue weighted by atomic mass is 9.91. The smallest absolute Gasteiger partial charge is 0.135 e. The van der Waals surface area contributed by atoms with Crippen molar-refractivity contribution in [3.63, 3.8) is 0 Å². The van der Waals surface area contributed by atoms with Crippen LogP contribution in [-0.4, -0.2) is 29.7 Å². The Morgan fingerprint density at radius 1 is 1.03 bits per heavy atom. The monoisotopic (exact) mass is 405 g/mol. The van der Waals surface area contributed by atoms with Gasteiger partial charge in [0.25, 0.3) is 0 Å². The fourth-order valence-electron chi connectivity index (χ4n) is 4.76. The highest BCUT2D eigenvalue weighted by Gasteiger charge is 2.18. The van der Waals surface area contributed by atoms with Crippen molar-refractivity contribution < 1.29 is 9.52 Å². The molecule has 0 bridgehead atoms. The summed E-state index contributed by atoms with van der Waals surface area (Å²) in [7, 11) is 0. The zero-order chi connectivity index (χ0) is 20.9. The van der Waals surface area contributed by atoms with Crippen LogP contribution >= 0.6 is 0 Å². The van der Waals surface area contributed by atoms with Crippen LogP contribution in [0.25, 0.3) is 22.3 Å². The van der Waals surface area contributed by atoms with Crippen molar-refractivity contribution in [2.45, 2.75) is 64.8 Å². The Hall–Kier alpha value is -2.10. The molecule has 160 valence electrons. The summed E-state index contributed by atoms with van der Waals surface area (Å²) in [6, 6.07) is 15.7. The highest BCUT2D eigenvalue weighted by molar-refractivity contribution is 5.83. The Morgan fingerprint density at radius 2 is 1.93 bits per heavy atom. The first-order valence-corrected chi connectivity index (χ1v) is 11.7. The number of hydrogen-bond acceptors (Lipinski definition) is 3. The number of aliphatic hydroxyl groups excluding tert-OH is 1. The van der Waals surface area contributed by atoms with E-state index in [1.165, 1.54) is 53.3 Å². The number of fused-ring (bicyclic) bond motifs is 2. The van der Waals surface area contributed by atoms with Crippen LogP contribution in [0.4, 0.5) is 0 Å². The van der Waals surface area contributed by atoms with E-state index < -0.39 is 0 Å². The molecule has 2 aromatic carbocycles. The maximum absolute atomic E-state index is 9.08. The molecule has 2 heterocycles. The summed E-state index contributed by atoms with van der Waals surface area (Å²) in [4.78, 5) is 2.43. The van der Waals surface area contributed by atoms with E-state index in [-0.39, 0.29) is 6.61 Å². The predicted octanol–water partition coefficient (Wildman–Crippen LogP) is 6.52. The zero-order valence-corrected chi connectivity index (χ0v) is 18.5. The second-order valence-corrected chi connectivity index (χ2v) is 8.74. The number of unbranched alkanes of at least 4 members (excludes halogenated alkanes) is 1. The summed E-state index contributed by atoms with van der Waals surface area (Å²) in [5.74, 6) is 1.61. The van der Waals surface area contributed by atoms with Crippen molar-refractivity contribution in [3.8, 4) is 11.3 Å². The van der Waals surface area contributed by atoms with E-state index >= 15 is 0 Å². The summed E-state index contributed by atoms with van der Waals surface area (Å²) in [6.45, 7) is 7.85. The van der Waals surface area contributed by atoms with Crippen LogP contribution in [0.5, 0.6) is 0 Å². The quantitative estimate of drug-likeness (QED) is 0.440. The molecule has 1 atom stereocenters. The number of aliphatic hydroxyl groups is 1. The van der Waals surface area contributed by atoms with Crippen molar-refractivity contribution in [2.24, 2.45) is 0 Å². The molecular weight excluding hydrogens is 370 g/mol. The molecule has 1 aliphatic heterocycles. The molecule has 1 aliphatic rings. The van der Waals surface area contributed by atoms with Gasteiger partial charge in [-0.05, 0) is 72.6 Å². The molecular formula is C27H35NO2. The number of rotatable bonds is 9. The van der Waals surface area contributed by atoms with E-state index in [0.29, 0.717) is 5.92 Å². The van der Waals surface area contributed by atoms with Gasteiger partial charge in [-0.2, -0.15) is 0 Å². The number of benzene rings is 2. The van der Waals surface area contributed by atoms with Gasteiger partial charge in [0.05, 0.1) is 0 Å². The fourth-order valence-corrected chi connectivity index (χ4v) is 4.76. The lowest BCUT2D eigenvalue weighted by Gasteiger charge is -2.28. The molecule has 0 radical (unpaired) electrons. The summed E-state index contributed by atoms with van der Waals surface area (Å²) in [6.07, 6.45) is 6.92. The molecule has 3 aromatic rings. The molecule has 3 heteroatoms. The summed E-state index contributed by atoms with van der Waals surface area (Å²) in [5, 5.41) is 10.3. The van der Waals surface area contributed by atoms with Crippen molar-refractivity contribution in [3.05, 3.63) is 59.2 Å². The largest absolute Gasteiger partial charge is 0.456 e. The molecule has 1 aromatic heterocycles. The summed E-state index contributed by atoms with van der Waals surface area (Å²) < 4.78 is 6.23. The van der Waals surface area contributed by atoms with E-state index in [4.69, 9.17) is 9.52 Å². The van der Waals surface area contributed by atoms with Crippen LogP contribution in [0.1, 0.15) is 68.6 Å². The lowest BCUT2D eigenvalue weighted by Crippen LogP contribution is -2.31. The van der Waals surface area contributed by atoms with Crippen LogP contribution < -0.4 is 0 Å². The third kappa shape index (κ3) is 4.63. The number of hydrogen-bond donors (Lipinski definition) is 1. The van der Waals surface area contributed by atoms with E-state index in [2.05, 4.69) is 61.2 Å². The molecule has 1 unspecified atom stereocenters. The highest BCUT2D eigenvalue weighted by atomic mass is 16.3. The van der Waals surface area contributed by atoms with Gasteiger partial charge in [0.2, 0.25) is 0 Å². The molecule has 0 spiro atoms. The van der Waals surface area contributed by atoms with Crippen LogP contribution in [0.2, 0.25) is 0 Å². The molecule has 0 fully saturated rings. The topological polar surface area (TPSA) is 36.6 Å². The molecule has 30 heavy (non-hydrogen) atoms. The lowest BCUT2D eigenvalue weighted by molar-refractivity contribution is 0.212. The van der Waals surface area contributed by atoms with E-state index in [1.807, 2.05) is 0 Å². The van der Waals surface area contributed by atoms with Gasteiger partial charge in [0, 0.05) is 37.2 Å². The molecule has 1 N–H and O–H groups in total. The average Bonchev–Trinajstić information content (AvgIpc) is 3.21. The Bertz CT molecular complexity index is 974. The third-order valence-electron chi connectivity index (χ3n) is 6.63. The maximum atomic E-state index is 9.08. The van der Waals surface area contributed by atoms with Crippen LogP contribution in [0, 0.1) is 0 Å². The minimum absolute atomic E-state index is 0.271. The van der Waals surface area contributed by atoms with Gasteiger partial charge in [-0.25, -0.2) is 0 Å². The average molecular weight is 406 g/mol. The van der Waals surface area contributed by atoms with Gasteiger partial charge >= 0.3 is 0 Å². The van der Waals surface area contributed by atoms with Gasteiger partial charge in [0.1, 0.15) is 11.3 Å². The van der Waals surface area contributed by atoms with Gasteiger partial charge in [-0.15, -0.1) is 0 Å². The van der Waals surface area contributed by atoms with E-state index in [0.717, 1.165) is 43.8 Å². The molecule has 0 saturated heterocycles. The molecule has 3 nitrogen and oxygen atoms in total. The van der Waals surface area contributed by atoms with Crippen molar-refractivity contribution in [1.29, 1.82) is 0 Å². The second-order valence-electron chi connectivity index (χ2n) is 8.74. The minimum atomic E-state index is 0.271. The molecule has 0 aliphatic carbocycles. The van der Waals surface area contributed by atoms with Crippen molar-refractivity contribution in [1.82, 2.24) is 4.90 Å². The van der Waals surface area contributed by atoms with Gasteiger partial charge in [-0.1, -0.05) is 44.9 Å². The first-order chi connectivity index (χ1) is 14.7. The maximum Gasteiger partial charge on any atom is 0.135 e. The van der Waals surface area contributed by atoms with Gasteiger partial charge in [0.15, 0.2) is 0 Å². The van der Waals surface area contributed by atoms with Crippen molar-refractivity contribution >= 4 is 11.0 Å². The highest BCUT2D eigenvalue weighted by Crippen LogP contribution is 2.34. The first kappa shape index (κ1) is 21.1. The minimum Gasteiger partial charge on any atom is -0.456 e. The number of furan rings is 1. The van der Waals surface area contributed by atoms with E-state index in [1.54, 1.807) is 0 Å². The van der Waals surface area contributed by atoms with Gasteiger partial charge in [-0.3, -0.25) is 4.90 Å². The molecule has 0 saturated carbocycles. The van der Waals surface area contributed by atoms with Crippen LogP contribution in [-0.2, 0) is 13.0 Å².